The molecule has 4 rings (SSSR count). The molecular formula is C21H26N4. The van der Waals surface area contributed by atoms with Crippen molar-refractivity contribution in [2.45, 2.75) is 20.8 Å². The topological polar surface area (TPSA) is 30.9 Å². The molecule has 4 nitrogen and oxygen atoms in total. The number of fused-ring (bicyclic) bond motifs is 2. The number of benzene rings is 2. The van der Waals surface area contributed by atoms with Gasteiger partial charge in [-0.05, 0) is 49.7 Å². The van der Waals surface area contributed by atoms with Crippen LogP contribution in [-0.2, 0) is 0 Å². The lowest BCUT2D eigenvalue weighted by molar-refractivity contribution is 0.190. The summed E-state index contributed by atoms with van der Waals surface area (Å²) in [5, 5.41) is 3.64. The van der Waals surface area contributed by atoms with Crippen LogP contribution in [0, 0.1) is 13.8 Å². The fourth-order valence-corrected chi connectivity index (χ4v) is 3.69. The number of piperazine rings is 1. The minimum absolute atomic E-state index is 1.03. The van der Waals surface area contributed by atoms with Gasteiger partial charge in [-0.1, -0.05) is 25.1 Å². The molecule has 2 heterocycles. The first-order valence-corrected chi connectivity index (χ1v) is 9.19. The van der Waals surface area contributed by atoms with Gasteiger partial charge in [-0.2, -0.15) is 0 Å². The van der Waals surface area contributed by atoms with Gasteiger partial charge < -0.3 is 15.1 Å². The van der Waals surface area contributed by atoms with Crippen molar-refractivity contribution in [2.75, 3.05) is 38.0 Å². The van der Waals surface area contributed by atoms with Crippen LogP contribution in [0.3, 0.4) is 0 Å². The Hall–Kier alpha value is -2.33. The van der Waals surface area contributed by atoms with Gasteiger partial charge in [0.2, 0.25) is 0 Å². The normalized spacial score (nSPS) is 17.2. The Morgan fingerprint density at radius 3 is 2.60 bits per heavy atom. The maximum atomic E-state index is 5.12. The van der Waals surface area contributed by atoms with Crippen LogP contribution in [0.1, 0.15) is 23.6 Å². The molecule has 1 N–H and O–H groups in total. The number of rotatable bonds is 1. The Labute approximate surface area is 150 Å². The summed E-state index contributed by atoms with van der Waals surface area (Å²) in [4.78, 5) is 10.1. The highest BCUT2D eigenvalue weighted by atomic mass is 15.3. The van der Waals surface area contributed by atoms with E-state index in [-0.39, 0.29) is 0 Å². The van der Waals surface area contributed by atoms with Gasteiger partial charge in [0, 0.05) is 31.7 Å². The third-order valence-electron chi connectivity index (χ3n) is 5.27. The van der Waals surface area contributed by atoms with Crippen molar-refractivity contribution >= 4 is 22.9 Å². The Balaban J connectivity index is 1.81. The first-order chi connectivity index (χ1) is 12.2. The van der Waals surface area contributed by atoms with Gasteiger partial charge in [0.05, 0.1) is 17.1 Å². The van der Waals surface area contributed by atoms with E-state index >= 15 is 0 Å². The number of nitrogens with zero attached hydrogens (tertiary/aromatic N) is 3. The van der Waals surface area contributed by atoms with Gasteiger partial charge in [0.25, 0.3) is 0 Å². The SMILES string of the molecule is CCN1CCN(C2=Nc3cc(C)ccc3Nc3c(C)cccc32)CC1. The average Bonchev–Trinajstić information content (AvgIpc) is 2.79. The summed E-state index contributed by atoms with van der Waals surface area (Å²) < 4.78 is 0. The second-order valence-electron chi connectivity index (χ2n) is 7.00. The zero-order chi connectivity index (χ0) is 17.4. The summed E-state index contributed by atoms with van der Waals surface area (Å²) in [6.45, 7) is 11.9. The second-order valence-corrected chi connectivity index (χ2v) is 7.00. The molecule has 1 saturated heterocycles. The van der Waals surface area contributed by atoms with Crippen molar-refractivity contribution in [1.82, 2.24) is 9.80 Å². The third kappa shape index (κ3) is 3.02. The summed E-state index contributed by atoms with van der Waals surface area (Å²) in [6.07, 6.45) is 0. The van der Waals surface area contributed by atoms with Crippen molar-refractivity contribution in [3.63, 3.8) is 0 Å². The number of hydrogen-bond donors (Lipinski definition) is 1. The van der Waals surface area contributed by atoms with Crippen molar-refractivity contribution in [3.05, 3.63) is 53.1 Å². The van der Waals surface area contributed by atoms with Gasteiger partial charge in [-0.15, -0.1) is 0 Å². The van der Waals surface area contributed by atoms with Crippen LogP contribution >= 0.6 is 0 Å². The van der Waals surface area contributed by atoms with Crippen molar-refractivity contribution in [1.29, 1.82) is 0 Å². The molecule has 0 atom stereocenters. The van der Waals surface area contributed by atoms with E-state index < -0.39 is 0 Å². The summed E-state index contributed by atoms with van der Waals surface area (Å²) in [5.41, 5.74) is 7.00. The minimum Gasteiger partial charge on any atom is -0.353 e. The van der Waals surface area contributed by atoms with Crippen molar-refractivity contribution in [2.24, 2.45) is 4.99 Å². The zero-order valence-electron chi connectivity index (χ0n) is 15.3. The largest absolute Gasteiger partial charge is 0.353 e. The molecule has 0 saturated carbocycles. The Morgan fingerprint density at radius 2 is 1.84 bits per heavy atom. The van der Waals surface area contributed by atoms with E-state index in [9.17, 15) is 0 Å². The van der Waals surface area contributed by atoms with Gasteiger partial charge in [0.15, 0.2) is 0 Å². The fraction of sp³-hybridized carbons (Fsp3) is 0.381. The minimum atomic E-state index is 1.03. The molecule has 0 spiro atoms. The standard InChI is InChI=1S/C21H26N4/c1-4-24-10-12-25(13-11-24)21-17-7-5-6-16(3)20(17)22-18-9-8-15(2)14-19(18)23-21/h5-9,14,22H,4,10-13H2,1-3H3. The predicted octanol–water partition coefficient (Wildman–Crippen LogP) is 4.08. The quantitative estimate of drug-likeness (QED) is 0.853. The number of para-hydroxylation sites is 1. The molecule has 0 amide bonds. The van der Waals surface area contributed by atoms with Crippen LogP contribution in [0.5, 0.6) is 0 Å². The summed E-state index contributed by atoms with van der Waals surface area (Å²) >= 11 is 0. The van der Waals surface area contributed by atoms with E-state index in [2.05, 4.69) is 72.3 Å². The molecule has 130 valence electrons. The van der Waals surface area contributed by atoms with E-state index in [4.69, 9.17) is 4.99 Å². The number of nitrogens with one attached hydrogen (secondary N) is 1. The van der Waals surface area contributed by atoms with Crippen LogP contribution in [0.2, 0.25) is 0 Å². The van der Waals surface area contributed by atoms with Crippen LogP contribution in [0.4, 0.5) is 17.1 Å². The fourth-order valence-electron chi connectivity index (χ4n) is 3.69. The van der Waals surface area contributed by atoms with Gasteiger partial charge in [0.1, 0.15) is 5.84 Å². The zero-order valence-corrected chi connectivity index (χ0v) is 15.3. The lowest BCUT2D eigenvalue weighted by Gasteiger charge is -2.36. The first-order valence-electron chi connectivity index (χ1n) is 9.19. The van der Waals surface area contributed by atoms with Crippen LogP contribution < -0.4 is 5.32 Å². The van der Waals surface area contributed by atoms with Crippen molar-refractivity contribution in [3.8, 4) is 0 Å². The van der Waals surface area contributed by atoms with Gasteiger partial charge in [-0.25, -0.2) is 4.99 Å². The Morgan fingerprint density at radius 1 is 1.04 bits per heavy atom. The highest BCUT2D eigenvalue weighted by Crippen LogP contribution is 2.37. The number of aryl methyl sites for hydroxylation is 2. The van der Waals surface area contributed by atoms with Crippen LogP contribution in [0.15, 0.2) is 41.4 Å². The van der Waals surface area contributed by atoms with Crippen molar-refractivity contribution < 1.29 is 0 Å². The monoisotopic (exact) mass is 334 g/mol. The molecule has 2 aliphatic rings. The molecule has 0 unspecified atom stereocenters. The molecule has 0 aliphatic carbocycles. The lowest BCUT2D eigenvalue weighted by atomic mass is 10.1. The predicted molar refractivity (Wildman–Crippen MR) is 106 cm³/mol. The Bertz CT molecular complexity index is 817. The molecule has 25 heavy (non-hydrogen) atoms. The van der Waals surface area contributed by atoms with Crippen LogP contribution in [-0.4, -0.2) is 48.4 Å². The highest BCUT2D eigenvalue weighted by Gasteiger charge is 2.25. The van der Waals surface area contributed by atoms with E-state index in [1.54, 1.807) is 0 Å². The summed E-state index contributed by atoms with van der Waals surface area (Å²) in [5.74, 6) is 1.10. The maximum absolute atomic E-state index is 5.12. The number of aliphatic imine (C=N–C) groups is 1. The first kappa shape index (κ1) is 16.2. The Kier molecular flexibility index (Phi) is 4.22. The van der Waals surface area contributed by atoms with Gasteiger partial charge >= 0.3 is 0 Å². The molecular weight excluding hydrogens is 308 g/mol. The highest BCUT2D eigenvalue weighted by molar-refractivity contribution is 6.08. The molecule has 2 aromatic rings. The third-order valence-corrected chi connectivity index (χ3v) is 5.27. The summed E-state index contributed by atoms with van der Waals surface area (Å²) in [7, 11) is 0. The van der Waals surface area contributed by atoms with Gasteiger partial charge in [-0.3, -0.25) is 0 Å². The van der Waals surface area contributed by atoms with E-state index in [0.717, 1.165) is 49.9 Å². The molecule has 2 aliphatic heterocycles. The second kappa shape index (κ2) is 6.52. The maximum Gasteiger partial charge on any atom is 0.138 e. The number of amidine groups is 1. The molecule has 4 heteroatoms. The van der Waals surface area contributed by atoms with E-state index in [0.29, 0.717) is 0 Å². The van der Waals surface area contributed by atoms with E-state index in [1.807, 2.05) is 0 Å². The number of hydrogen-bond acceptors (Lipinski definition) is 4. The molecule has 0 radical (unpaired) electrons. The van der Waals surface area contributed by atoms with Crippen LogP contribution in [0.25, 0.3) is 0 Å². The molecule has 2 aromatic carbocycles. The molecule has 0 bridgehead atoms. The summed E-state index contributed by atoms with van der Waals surface area (Å²) in [6, 6.07) is 12.9. The molecule has 0 aromatic heterocycles. The smallest absolute Gasteiger partial charge is 0.138 e. The van der Waals surface area contributed by atoms with E-state index in [1.165, 1.54) is 22.4 Å². The number of anilines is 2. The number of likely N-dealkylation sites (N-methyl/N-ethyl adjacent to an activating group) is 1. The average molecular weight is 334 g/mol. The lowest BCUT2D eigenvalue weighted by Crippen LogP contribution is -2.48. The molecule has 1 fully saturated rings.